The van der Waals surface area contributed by atoms with Gasteiger partial charge in [0.25, 0.3) is 0 Å². The Morgan fingerprint density at radius 2 is 1.95 bits per heavy atom. The van der Waals surface area contributed by atoms with Crippen LogP contribution < -0.4 is 5.73 Å². The molecule has 0 atom stereocenters. The van der Waals surface area contributed by atoms with Crippen LogP contribution in [0.4, 0.5) is 5.82 Å². The van der Waals surface area contributed by atoms with Gasteiger partial charge in [0.15, 0.2) is 5.69 Å². The van der Waals surface area contributed by atoms with Gasteiger partial charge in [-0.15, -0.1) is 0 Å². The second kappa shape index (κ2) is 4.09. The van der Waals surface area contributed by atoms with Crippen LogP contribution in [0.3, 0.4) is 0 Å². The standard InChI is InChI=1S/C13H10N4O2/c14-12-9-6-17(8-4-2-1-3-5-8)11(13(18)19)10(9)15-7-16-12/h1-7H,(H,18,19)(H2,14,15,16). The van der Waals surface area contributed by atoms with Crippen molar-refractivity contribution in [3.8, 4) is 5.69 Å². The Morgan fingerprint density at radius 3 is 2.63 bits per heavy atom. The third-order valence-corrected chi connectivity index (χ3v) is 2.88. The minimum Gasteiger partial charge on any atom is -0.476 e. The Balaban J connectivity index is 2.39. The first-order chi connectivity index (χ1) is 9.18. The summed E-state index contributed by atoms with van der Waals surface area (Å²) in [7, 11) is 0. The first-order valence-corrected chi connectivity index (χ1v) is 5.58. The number of hydrogen-bond donors (Lipinski definition) is 2. The van der Waals surface area contributed by atoms with Gasteiger partial charge in [-0.3, -0.25) is 0 Å². The van der Waals surface area contributed by atoms with Crippen molar-refractivity contribution in [3.05, 3.63) is 48.5 Å². The molecule has 0 amide bonds. The van der Waals surface area contributed by atoms with Crippen LogP contribution >= 0.6 is 0 Å². The van der Waals surface area contributed by atoms with Gasteiger partial charge in [-0.25, -0.2) is 14.8 Å². The number of anilines is 1. The van der Waals surface area contributed by atoms with Crippen LogP contribution in [0.1, 0.15) is 10.5 Å². The number of benzene rings is 1. The lowest BCUT2D eigenvalue weighted by molar-refractivity contribution is 0.0690. The summed E-state index contributed by atoms with van der Waals surface area (Å²) in [6.45, 7) is 0. The number of fused-ring (bicyclic) bond motifs is 1. The zero-order valence-electron chi connectivity index (χ0n) is 9.82. The molecule has 0 spiro atoms. The van der Waals surface area contributed by atoms with Gasteiger partial charge in [0, 0.05) is 11.9 Å². The molecule has 3 aromatic rings. The highest BCUT2D eigenvalue weighted by Gasteiger charge is 2.19. The second-order valence-electron chi connectivity index (χ2n) is 4.01. The minimum atomic E-state index is -1.06. The third-order valence-electron chi connectivity index (χ3n) is 2.88. The van der Waals surface area contributed by atoms with Gasteiger partial charge in [-0.1, -0.05) is 18.2 Å². The average molecular weight is 254 g/mol. The molecule has 0 fully saturated rings. The monoisotopic (exact) mass is 254 g/mol. The largest absolute Gasteiger partial charge is 0.476 e. The molecule has 3 rings (SSSR count). The average Bonchev–Trinajstić information content (AvgIpc) is 2.81. The van der Waals surface area contributed by atoms with Gasteiger partial charge in [-0.05, 0) is 12.1 Å². The molecule has 3 N–H and O–H groups in total. The smallest absolute Gasteiger partial charge is 0.355 e. The Hall–Kier alpha value is -2.89. The summed E-state index contributed by atoms with van der Waals surface area (Å²) < 4.78 is 1.55. The molecule has 6 heteroatoms. The van der Waals surface area contributed by atoms with Gasteiger partial charge in [0.05, 0.1) is 5.39 Å². The lowest BCUT2D eigenvalue weighted by Crippen LogP contribution is -2.06. The summed E-state index contributed by atoms with van der Waals surface area (Å²) in [6, 6.07) is 9.16. The van der Waals surface area contributed by atoms with Crippen molar-refractivity contribution < 1.29 is 9.90 Å². The number of carboxylic acids is 1. The number of hydrogen-bond acceptors (Lipinski definition) is 4. The maximum absolute atomic E-state index is 11.5. The first kappa shape index (κ1) is 11.2. The van der Waals surface area contributed by atoms with Crippen molar-refractivity contribution in [2.75, 3.05) is 5.73 Å². The molecule has 94 valence electrons. The number of rotatable bonds is 2. The summed E-state index contributed by atoms with van der Waals surface area (Å²) in [6.07, 6.45) is 2.91. The van der Waals surface area contributed by atoms with E-state index in [2.05, 4.69) is 9.97 Å². The number of aromatic carboxylic acids is 1. The summed E-state index contributed by atoms with van der Waals surface area (Å²) in [4.78, 5) is 19.4. The fraction of sp³-hybridized carbons (Fsp3) is 0. The summed E-state index contributed by atoms with van der Waals surface area (Å²) in [5.41, 5.74) is 6.91. The highest BCUT2D eigenvalue weighted by Crippen LogP contribution is 2.25. The maximum Gasteiger partial charge on any atom is 0.355 e. The molecule has 19 heavy (non-hydrogen) atoms. The molecule has 0 unspecified atom stereocenters. The van der Waals surface area contributed by atoms with Gasteiger partial charge < -0.3 is 15.4 Å². The van der Waals surface area contributed by atoms with Crippen LogP contribution in [0.25, 0.3) is 16.6 Å². The van der Waals surface area contributed by atoms with Crippen LogP contribution in [0.5, 0.6) is 0 Å². The Morgan fingerprint density at radius 1 is 1.21 bits per heavy atom. The molecular formula is C13H10N4O2. The lowest BCUT2D eigenvalue weighted by Gasteiger charge is -2.05. The Bertz CT molecular complexity index is 765. The predicted octanol–water partition coefficient (Wildman–Crippen LogP) is 1.70. The van der Waals surface area contributed by atoms with Gasteiger partial charge in [0.2, 0.25) is 0 Å². The highest BCUT2D eigenvalue weighted by molar-refractivity contribution is 6.04. The normalized spacial score (nSPS) is 10.7. The van der Waals surface area contributed by atoms with Crippen LogP contribution in [-0.4, -0.2) is 25.6 Å². The Kier molecular flexibility index (Phi) is 2.42. The molecule has 2 heterocycles. The van der Waals surface area contributed by atoms with Crippen molar-refractivity contribution in [3.63, 3.8) is 0 Å². The molecule has 0 bridgehead atoms. The number of nitrogens with two attached hydrogens (primary N) is 1. The minimum absolute atomic E-state index is 0.0790. The molecule has 0 aliphatic rings. The number of para-hydroxylation sites is 1. The summed E-state index contributed by atoms with van der Waals surface area (Å²) in [5, 5.41) is 9.91. The van der Waals surface area contributed by atoms with Crippen LogP contribution in [0, 0.1) is 0 Å². The number of carbonyl (C=O) groups is 1. The van der Waals surface area contributed by atoms with Crippen LogP contribution in [0.2, 0.25) is 0 Å². The quantitative estimate of drug-likeness (QED) is 0.725. The van der Waals surface area contributed by atoms with Crippen molar-refractivity contribution in [2.45, 2.75) is 0 Å². The van der Waals surface area contributed by atoms with E-state index in [0.29, 0.717) is 10.9 Å². The van der Waals surface area contributed by atoms with E-state index in [1.807, 2.05) is 30.3 Å². The molecule has 0 saturated carbocycles. The van der Waals surface area contributed by atoms with E-state index in [-0.39, 0.29) is 11.5 Å². The summed E-state index contributed by atoms with van der Waals surface area (Å²) >= 11 is 0. The molecule has 1 aromatic carbocycles. The van der Waals surface area contributed by atoms with E-state index in [4.69, 9.17) is 5.73 Å². The van der Waals surface area contributed by atoms with Gasteiger partial charge in [0.1, 0.15) is 17.7 Å². The molecule has 6 nitrogen and oxygen atoms in total. The zero-order valence-corrected chi connectivity index (χ0v) is 9.82. The lowest BCUT2D eigenvalue weighted by atomic mass is 10.3. The molecule has 0 aliphatic heterocycles. The van der Waals surface area contributed by atoms with E-state index < -0.39 is 5.97 Å². The number of aromatic nitrogens is 3. The first-order valence-electron chi connectivity index (χ1n) is 5.58. The Labute approximate surface area is 108 Å². The van der Waals surface area contributed by atoms with Gasteiger partial charge in [-0.2, -0.15) is 0 Å². The van der Waals surface area contributed by atoms with E-state index in [1.165, 1.54) is 6.33 Å². The predicted molar refractivity (Wildman–Crippen MR) is 70.2 cm³/mol. The highest BCUT2D eigenvalue weighted by atomic mass is 16.4. The van der Waals surface area contributed by atoms with Crippen molar-refractivity contribution in [1.29, 1.82) is 0 Å². The van der Waals surface area contributed by atoms with Gasteiger partial charge >= 0.3 is 5.97 Å². The molecular weight excluding hydrogens is 244 g/mol. The van der Waals surface area contributed by atoms with Crippen molar-refractivity contribution in [2.24, 2.45) is 0 Å². The fourth-order valence-electron chi connectivity index (χ4n) is 2.03. The number of carboxylic acid groups (broad SMARTS) is 1. The van der Waals surface area contributed by atoms with Crippen LogP contribution in [0.15, 0.2) is 42.9 Å². The van der Waals surface area contributed by atoms with E-state index >= 15 is 0 Å². The van der Waals surface area contributed by atoms with Crippen molar-refractivity contribution in [1.82, 2.24) is 14.5 Å². The van der Waals surface area contributed by atoms with E-state index in [1.54, 1.807) is 10.8 Å². The summed E-state index contributed by atoms with van der Waals surface area (Å²) in [5.74, 6) is -0.792. The molecule has 2 aromatic heterocycles. The maximum atomic E-state index is 11.5. The van der Waals surface area contributed by atoms with Crippen LogP contribution in [-0.2, 0) is 0 Å². The molecule has 0 aliphatic carbocycles. The fourth-order valence-corrected chi connectivity index (χ4v) is 2.03. The van der Waals surface area contributed by atoms with Crippen molar-refractivity contribution >= 4 is 22.7 Å². The number of nitrogens with zero attached hydrogens (tertiary/aromatic N) is 3. The second-order valence-corrected chi connectivity index (χ2v) is 4.01. The number of nitrogen functional groups attached to an aromatic ring is 1. The van der Waals surface area contributed by atoms with E-state index in [0.717, 1.165) is 5.69 Å². The topological polar surface area (TPSA) is 94.0 Å². The molecule has 0 saturated heterocycles. The third kappa shape index (κ3) is 1.70. The molecule has 0 radical (unpaired) electrons. The SMILES string of the molecule is Nc1ncnc2c(C(=O)O)n(-c3ccccc3)cc12. The zero-order chi connectivity index (χ0) is 13.4. The van der Waals surface area contributed by atoms with E-state index in [9.17, 15) is 9.90 Å².